The third kappa shape index (κ3) is 2.90. The molecule has 102 valence electrons. The van der Waals surface area contributed by atoms with Gasteiger partial charge in [-0.05, 0) is 44.4 Å². The normalized spacial score (nSPS) is 29.5. The lowest BCUT2D eigenvalue weighted by Gasteiger charge is -2.31. The number of hydrogen-bond acceptors (Lipinski definition) is 3. The largest absolute Gasteiger partial charge is 0.490 e. The number of halogens is 2. The first-order valence-corrected chi connectivity index (χ1v) is 6.09. The van der Waals surface area contributed by atoms with E-state index in [1.807, 2.05) is 12.1 Å². The zero-order chi connectivity index (χ0) is 11.0. The second-order valence-electron chi connectivity index (χ2n) is 4.96. The summed E-state index contributed by atoms with van der Waals surface area (Å²) in [5, 5.41) is 0. The van der Waals surface area contributed by atoms with Gasteiger partial charge in [-0.2, -0.15) is 0 Å². The highest BCUT2D eigenvalue weighted by molar-refractivity contribution is 5.85. The number of hydrogen-bond donors (Lipinski definition) is 0. The van der Waals surface area contributed by atoms with Crippen LogP contribution in [-0.2, 0) is 0 Å². The number of piperidine rings is 1. The molecule has 1 aromatic rings. The number of fused-ring (bicyclic) bond motifs is 2. The first-order valence-electron chi connectivity index (χ1n) is 6.09. The number of likely N-dealkylation sites (N-methyl/N-ethyl adjacent to an activating group) is 1. The average molecular weight is 291 g/mol. The van der Waals surface area contributed by atoms with E-state index in [0.29, 0.717) is 6.04 Å². The fourth-order valence-electron chi connectivity index (χ4n) is 3.18. The van der Waals surface area contributed by atoms with Crippen LogP contribution in [0.1, 0.15) is 19.3 Å². The summed E-state index contributed by atoms with van der Waals surface area (Å²) in [4.78, 5) is 6.56. The second kappa shape index (κ2) is 6.60. The summed E-state index contributed by atoms with van der Waals surface area (Å²) in [5.41, 5.74) is 0. The van der Waals surface area contributed by atoms with Crippen LogP contribution in [0.15, 0.2) is 24.5 Å². The van der Waals surface area contributed by atoms with Gasteiger partial charge in [-0.15, -0.1) is 24.8 Å². The number of ether oxygens (including phenoxy) is 1. The summed E-state index contributed by atoms with van der Waals surface area (Å²) >= 11 is 0. The maximum atomic E-state index is 5.81. The Balaban J connectivity index is 0.000000810. The molecule has 18 heavy (non-hydrogen) atoms. The van der Waals surface area contributed by atoms with Crippen LogP contribution in [0, 0.1) is 5.92 Å². The van der Waals surface area contributed by atoms with Crippen molar-refractivity contribution >= 4 is 24.8 Å². The van der Waals surface area contributed by atoms with Crippen molar-refractivity contribution in [3.8, 4) is 5.75 Å². The average Bonchev–Trinajstić information content (AvgIpc) is 2.89. The molecule has 0 aromatic carbocycles. The van der Waals surface area contributed by atoms with Gasteiger partial charge in [-0.1, -0.05) is 0 Å². The van der Waals surface area contributed by atoms with Crippen LogP contribution >= 0.6 is 24.8 Å². The van der Waals surface area contributed by atoms with Gasteiger partial charge in [0.2, 0.25) is 0 Å². The quantitative estimate of drug-likeness (QED) is 0.856. The molecule has 0 radical (unpaired) electrons. The Labute approximate surface area is 121 Å². The smallest absolute Gasteiger partial charge is 0.137 e. The summed E-state index contributed by atoms with van der Waals surface area (Å²) < 4.78 is 5.81. The molecule has 1 saturated heterocycles. The lowest BCUT2D eigenvalue weighted by atomic mass is 10.00. The molecule has 3 atom stereocenters. The predicted molar refractivity (Wildman–Crippen MR) is 76.9 cm³/mol. The fourth-order valence-corrected chi connectivity index (χ4v) is 3.18. The first kappa shape index (κ1) is 15.5. The van der Waals surface area contributed by atoms with Gasteiger partial charge < -0.3 is 4.74 Å². The van der Waals surface area contributed by atoms with E-state index in [0.717, 1.165) is 24.3 Å². The van der Waals surface area contributed by atoms with Crippen LogP contribution in [0.4, 0.5) is 0 Å². The van der Waals surface area contributed by atoms with Crippen LogP contribution in [-0.4, -0.2) is 35.6 Å². The maximum Gasteiger partial charge on any atom is 0.137 e. The van der Waals surface area contributed by atoms with Gasteiger partial charge in [-0.3, -0.25) is 9.88 Å². The standard InChI is InChI=1S/C13H18N2O.2ClH/c1-15-11-5-4-10(7-11)13(15)9-16-12-3-2-6-14-8-12;;/h2-3,6,8,10-11,13H,4-5,7,9H2,1H3;2*1H/t10-,11+,13-;;/m0../s1. The molecule has 5 heteroatoms. The fraction of sp³-hybridized carbons (Fsp3) is 0.615. The van der Waals surface area contributed by atoms with Gasteiger partial charge in [0.15, 0.2) is 0 Å². The minimum Gasteiger partial charge on any atom is -0.490 e. The number of nitrogens with zero attached hydrogens (tertiary/aromatic N) is 2. The van der Waals surface area contributed by atoms with Gasteiger partial charge >= 0.3 is 0 Å². The molecular weight excluding hydrogens is 271 g/mol. The molecule has 2 fully saturated rings. The minimum atomic E-state index is 0. The Kier molecular flexibility index (Phi) is 5.70. The highest BCUT2D eigenvalue weighted by Gasteiger charge is 2.43. The van der Waals surface area contributed by atoms with Crippen molar-refractivity contribution in [1.29, 1.82) is 0 Å². The summed E-state index contributed by atoms with van der Waals surface area (Å²) in [6.07, 6.45) is 7.70. The summed E-state index contributed by atoms with van der Waals surface area (Å²) in [6.45, 7) is 0.809. The van der Waals surface area contributed by atoms with E-state index >= 15 is 0 Å². The topological polar surface area (TPSA) is 25.4 Å². The molecule has 2 heterocycles. The third-order valence-corrected chi connectivity index (χ3v) is 4.14. The summed E-state index contributed by atoms with van der Waals surface area (Å²) in [7, 11) is 2.24. The Hall–Kier alpha value is -0.510. The monoisotopic (exact) mass is 290 g/mol. The van der Waals surface area contributed by atoms with Crippen LogP contribution in [0.2, 0.25) is 0 Å². The lowest BCUT2D eigenvalue weighted by Crippen LogP contribution is -2.41. The van der Waals surface area contributed by atoms with Crippen LogP contribution < -0.4 is 4.74 Å². The molecule has 1 aliphatic carbocycles. The molecule has 1 aromatic heterocycles. The molecule has 2 bridgehead atoms. The predicted octanol–water partition coefficient (Wildman–Crippen LogP) is 2.79. The van der Waals surface area contributed by atoms with E-state index in [-0.39, 0.29) is 24.8 Å². The highest BCUT2D eigenvalue weighted by atomic mass is 35.5. The van der Waals surface area contributed by atoms with E-state index in [1.165, 1.54) is 19.3 Å². The number of pyridine rings is 1. The highest BCUT2D eigenvalue weighted by Crippen LogP contribution is 2.41. The molecular formula is C13H20Cl2N2O. The van der Waals surface area contributed by atoms with Gasteiger partial charge in [0.1, 0.15) is 12.4 Å². The van der Waals surface area contributed by atoms with Crippen molar-refractivity contribution in [2.75, 3.05) is 13.7 Å². The van der Waals surface area contributed by atoms with Crippen molar-refractivity contribution < 1.29 is 4.74 Å². The van der Waals surface area contributed by atoms with Crippen molar-refractivity contribution in [1.82, 2.24) is 9.88 Å². The number of likely N-dealkylation sites (tertiary alicyclic amines) is 1. The Morgan fingerprint density at radius 2 is 2.22 bits per heavy atom. The molecule has 3 rings (SSSR count). The Bertz CT molecular complexity index is 361. The maximum absolute atomic E-state index is 5.81. The van der Waals surface area contributed by atoms with Gasteiger partial charge in [0.05, 0.1) is 6.20 Å². The van der Waals surface area contributed by atoms with E-state index in [1.54, 1.807) is 12.4 Å². The van der Waals surface area contributed by atoms with Crippen LogP contribution in [0.25, 0.3) is 0 Å². The zero-order valence-corrected chi connectivity index (χ0v) is 12.1. The van der Waals surface area contributed by atoms with Gasteiger partial charge in [-0.25, -0.2) is 0 Å². The van der Waals surface area contributed by atoms with Crippen molar-refractivity contribution in [3.05, 3.63) is 24.5 Å². The summed E-state index contributed by atoms with van der Waals surface area (Å²) in [5.74, 6) is 1.74. The van der Waals surface area contributed by atoms with Gasteiger partial charge in [0, 0.05) is 18.3 Å². The molecule has 0 spiro atoms. The minimum absolute atomic E-state index is 0. The molecule has 3 nitrogen and oxygen atoms in total. The number of rotatable bonds is 3. The SMILES string of the molecule is CN1[C@@H]2CC[C@@H](C2)[C@@H]1COc1cccnc1.Cl.Cl. The van der Waals surface area contributed by atoms with Crippen molar-refractivity contribution in [3.63, 3.8) is 0 Å². The second-order valence-corrected chi connectivity index (χ2v) is 4.96. The first-order chi connectivity index (χ1) is 7.84. The number of aromatic nitrogens is 1. The summed E-state index contributed by atoms with van der Waals surface area (Å²) in [6, 6.07) is 5.31. The molecule has 2 aliphatic rings. The molecule has 1 saturated carbocycles. The van der Waals surface area contributed by atoms with Crippen molar-refractivity contribution in [2.45, 2.75) is 31.3 Å². The lowest BCUT2D eigenvalue weighted by molar-refractivity contribution is 0.118. The van der Waals surface area contributed by atoms with E-state index in [4.69, 9.17) is 4.74 Å². The third-order valence-electron chi connectivity index (χ3n) is 4.14. The van der Waals surface area contributed by atoms with Crippen LogP contribution in [0.3, 0.4) is 0 Å². The van der Waals surface area contributed by atoms with Gasteiger partial charge in [0.25, 0.3) is 0 Å². The van der Waals surface area contributed by atoms with E-state index in [2.05, 4.69) is 16.9 Å². The molecule has 0 N–H and O–H groups in total. The van der Waals surface area contributed by atoms with E-state index in [9.17, 15) is 0 Å². The zero-order valence-electron chi connectivity index (χ0n) is 10.5. The Morgan fingerprint density at radius 1 is 1.39 bits per heavy atom. The molecule has 0 unspecified atom stereocenters. The Morgan fingerprint density at radius 3 is 2.83 bits per heavy atom. The van der Waals surface area contributed by atoms with Crippen LogP contribution in [0.5, 0.6) is 5.75 Å². The molecule has 1 aliphatic heterocycles. The van der Waals surface area contributed by atoms with Crippen molar-refractivity contribution in [2.24, 2.45) is 5.92 Å². The molecule has 0 amide bonds. The van der Waals surface area contributed by atoms with E-state index < -0.39 is 0 Å².